The first kappa shape index (κ1) is 12.8. The van der Waals surface area contributed by atoms with Gasteiger partial charge in [-0.3, -0.25) is 4.79 Å². The van der Waals surface area contributed by atoms with E-state index in [1.165, 1.54) is 0 Å². The Morgan fingerprint density at radius 2 is 1.94 bits per heavy atom. The molecule has 0 saturated heterocycles. The fraction of sp³-hybridized carbons (Fsp3) is 0.778. The maximum absolute atomic E-state index is 12.0. The van der Waals surface area contributed by atoms with Crippen molar-refractivity contribution in [2.75, 3.05) is 0 Å². The fourth-order valence-electron chi connectivity index (χ4n) is 1.39. The summed E-state index contributed by atoms with van der Waals surface area (Å²) in [5.41, 5.74) is 0. The molecular weight excluding hydrogens is 227 g/mol. The van der Waals surface area contributed by atoms with Crippen LogP contribution in [0, 0.1) is 5.92 Å². The van der Waals surface area contributed by atoms with Gasteiger partial charge in [0, 0.05) is 5.92 Å². The number of carboxylic acids is 1. The fourth-order valence-corrected chi connectivity index (χ4v) is 1.39. The normalized spacial score (nSPS) is 18.7. The smallest absolute Gasteiger partial charge is 0.391 e. The second-order valence-corrected chi connectivity index (χ2v) is 3.85. The summed E-state index contributed by atoms with van der Waals surface area (Å²) >= 11 is 0. The average Bonchev–Trinajstić information content (AvgIpc) is 1.96. The van der Waals surface area contributed by atoms with Gasteiger partial charge in [0.15, 0.2) is 0 Å². The van der Waals surface area contributed by atoms with Crippen LogP contribution in [0.3, 0.4) is 0 Å². The molecule has 16 heavy (non-hydrogen) atoms. The number of alkyl halides is 3. The van der Waals surface area contributed by atoms with Crippen molar-refractivity contribution in [1.82, 2.24) is 5.32 Å². The van der Waals surface area contributed by atoms with Crippen LogP contribution in [0.5, 0.6) is 0 Å². The summed E-state index contributed by atoms with van der Waals surface area (Å²) in [6.07, 6.45) is -4.06. The minimum absolute atomic E-state index is 0.324. The predicted molar refractivity (Wildman–Crippen MR) is 47.6 cm³/mol. The molecule has 0 bridgehead atoms. The summed E-state index contributed by atoms with van der Waals surface area (Å²) in [7, 11) is 0. The number of hydrogen-bond donors (Lipinski definition) is 2. The second kappa shape index (κ2) is 4.71. The molecule has 1 unspecified atom stereocenters. The average molecular weight is 239 g/mol. The van der Waals surface area contributed by atoms with E-state index in [1.807, 2.05) is 5.32 Å². The molecule has 0 aliphatic heterocycles. The standard InChI is InChI=1S/C9H12F3NO3/c10-9(11,12)4-6(8(15)16)13-7(14)5-2-1-3-5/h5-6H,1-4H2,(H,13,14)(H,15,16). The van der Waals surface area contributed by atoms with Crippen molar-refractivity contribution in [3.8, 4) is 0 Å². The van der Waals surface area contributed by atoms with Crippen LogP contribution in [-0.2, 0) is 9.59 Å². The molecule has 0 aromatic heterocycles. The lowest BCUT2D eigenvalue weighted by Gasteiger charge is -2.26. The van der Waals surface area contributed by atoms with Gasteiger partial charge < -0.3 is 10.4 Å². The lowest BCUT2D eigenvalue weighted by atomic mass is 9.84. The molecule has 4 nitrogen and oxygen atoms in total. The van der Waals surface area contributed by atoms with E-state index < -0.39 is 30.5 Å². The van der Waals surface area contributed by atoms with Crippen LogP contribution in [-0.4, -0.2) is 29.2 Å². The molecule has 0 spiro atoms. The molecule has 2 N–H and O–H groups in total. The van der Waals surface area contributed by atoms with Crippen LogP contribution in [0.1, 0.15) is 25.7 Å². The van der Waals surface area contributed by atoms with Crippen molar-refractivity contribution >= 4 is 11.9 Å². The van der Waals surface area contributed by atoms with E-state index in [0.29, 0.717) is 12.8 Å². The van der Waals surface area contributed by atoms with Gasteiger partial charge in [0.05, 0.1) is 6.42 Å². The zero-order valence-corrected chi connectivity index (χ0v) is 8.38. The van der Waals surface area contributed by atoms with Gasteiger partial charge in [-0.25, -0.2) is 4.79 Å². The molecule has 1 aliphatic rings. The predicted octanol–water partition coefficient (Wildman–Crippen LogP) is 1.31. The first-order valence-corrected chi connectivity index (χ1v) is 4.89. The largest absolute Gasteiger partial charge is 0.480 e. The molecule has 1 amide bonds. The lowest BCUT2D eigenvalue weighted by molar-refractivity contribution is -0.160. The van der Waals surface area contributed by atoms with Gasteiger partial charge in [-0.1, -0.05) is 6.42 Å². The Morgan fingerprint density at radius 3 is 2.25 bits per heavy atom. The summed E-state index contributed by atoms with van der Waals surface area (Å²) in [6.45, 7) is 0. The first-order valence-electron chi connectivity index (χ1n) is 4.89. The Bertz CT molecular complexity index is 286. The number of halogens is 3. The molecule has 1 saturated carbocycles. The second-order valence-electron chi connectivity index (χ2n) is 3.85. The van der Waals surface area contributed by atoms with Crippen LogP contribution in [0.15, 0.2) is 0 Å². The molecule has 0 heterocycles. The number of carbonyl (C=O) groups is 2. The first-order chi connectivity index (χ1) is 7.29. The van der Waals surface area contributed by atoms with Crippen molar-refractivity contribution in [1.29, 1.82) is 0 Å². The minimum atomic E-state index is -4.60. The van der Waals surface area contributed by atoms with Crippen LogP contribution in [0.25, 0.3) is 0 Å². The molecular formula is C9H12F3NO3. The monoisotopic (exact) mass is 239 g/mol. The number of carboxylic acid groups (broad SMARTS) is 1. The third-order valence-electron chi connectivity index (χ3n) is 2.53. The maximum Gasteiger partial charge on any atom is 0.391 e. The Balaban J connectivity index is 2.50. The zero-order valence-electron chi connectivity index (χ0n) is 8.38. The van der Waals surface area contributed by atoms with E-state index >= 15 is 0 Å². The number of nitrogens with one attached hydrogen (secondary N) is 1. The van der Waals surface area contributed by atoms with Crippen LogP contribution in [0.2, 0.25) is 0 Å². The Labute approximate surface area is 89.8 Å². The van der Waals surface area contributed by atoms with E-state index in [0.717, 1.165) is 6.42 Å². The zero-order chi connectivity index (χ0) is 12.3. The highest BCUT2D eigenvalue weighted by molar-refractivity contribution is 5.85. The molecule has 0 radical (unpaired) electrons. The highest BCUT2D eigenvalue weighted by Crippen LogP contribution is 2.27. The lowest BCUT2D eigenvalue weighted by Crippen LogP contribution is -2.47. The van der Waals surface area contributed by atoms with E-state index in [-0.39, 0.29) is 5.92 Å². The number of amides is 1. The van der Waals surface area contributed by atoms with Gasteiger partial charge in [0.25, 0.3) is 0 Å². The highest BCUT2D eigenvalue weighted by atomic mass is 19.4. The molecule has 1 rings (SSSR count). The minimum Gasteiger partial charge on any atom is -0.480 e. The Hall–Kier alpha value is -1.27. The van der Waals surface area contributed by atoms with Gasteiger partial charge in [0.1, 0.15) is 6.04 Å². The topological polar surface area (TPSA) is 66.4 Å². The number of aliphatic carboxylic acids is 1. The van der Waals surface area contributed by atoms with Crippen LogP contribution in [0.4, 0.5) is 13.2 Å². The van der Waals surface area contributed by atoms with Crippen molar-refractivity contribution in [2.24, 2.45) is 5.92 Å². The summed E-state index contributed by atoms with van der Waals surface area (Å²) in [5.74, 6) is -2.58. The van der Waals surface area contributed by atoms with Gasteiger partial charge in [-0.2, -0.15) is 13.2 Å². The molecule has 92 valence electrons. The van der Waals surface area contributed by atoms with Gasteiger partial charge in [-0.05, 0) is 12.8 Å². The molecule has 1 aliphatic carbocycles. The molecule has 1 fully saturated rings. The van der Waals surface area contributed by atoms with E-state index in [1.54, 1.807) is 0 Å². The van der Waals surface area contributed by atoms with Crippen molar-refractivity contribution in [3.63, 3.8) is 0 Å². The summed E-state index contributed by atoms with van der Waals surface area (Å²) in [4.78, 5) is 21.8. The van der Waals surface area contributed by atoms with E-state index in [4.69, 9.17) is 5.11 Å². The third-order valence-corrected chi connectivity index (χ3v) is 2.53. The number of carbonyl (C=O) groups excluding carboxylic acids is 1. The Morgan fingerprint density at radius 1 is 1.38 bits per heavy atom. The van der Waals surface area contributed by atoms with Gasteiger partial charge >= 0.3 is 12.1 Å². The van der Waals surface area contributed by atoms with Crippen LogP contribution >= 0.6 is 0 Å². The maximum atomic E-state index is 12.0. The van der Waals surface area contributed by atoms with Gasteiger partial charge in [-0.15, -0.1) is 0 Å². The molecule has 0 aromatic rings. The van der Waals surface area contributed by atoms with E-state index in [9.17, 15) is 22.8 Å². The Kier molecular flexibility index (Phi) is 3.77. The van der Waals surface area contributed by atoms with Crippen molar-refractivity contribution < 1.29 is 27.9 Å². The number of hydrogen-bond acceptors (Lipinski definition) is 2. The summed E-state index contributed by atoms with van der Waals surface area (Å²) in [6, 6.07) is -1.88. The van der Waals surface area contributed by atoms with Crippen molar-refractivity contribution in [2.45, 2.75) is 37.9 Å². The third kappa shape index (κ3) is 3.71. The van der Waals surface area contributed by atoms with E-state index in [2.05, 4.69) is 0 Å². The quantitative estimate of drug-likeness (QED) is 0.777. The van der Waals surface area contributed by atoms with Crippen LogP contribution < -0.4 is 5.32 Å². The SMILES string of the molecule is O=C(NC(CC(F)(F)F)C(=O)O)C1CCC1. The highest BCUT2D eigenvalue weighted by Gasteiger charge is 2.37. The molecule has 7 heteroatoms. The summed E-state index contributed by atoms with van der Waals surface area (Å²) in [5, 5.41) is 10.5. The molecule has 1 atom stereocenters. The molecule has 0 aromatic carbocycles. The number of rotatable bonds is 4. The van der Waals surface area contributed by atoms with Gasteiger partial charge in [0.2, 0.25) is 5.91 Å². The summed E-state index contributed by atoms with van der Waals surface area (Å²) < 4.78 is 36.0. The van der Waals surface area contributed by atoms with Crippen molar-refractivity contribution in [3.05, 3.63) is 0 Å².